The second-order valence-electron chi connectivity index (χ2n) is 6.33. The van der Waals surface area contributed by atoms with Crippen LogP contribution in [0.25, 0.3) is 0 Å². The molecule has 0 aliphatic carbocycles. The van der Waals surface area contributed by atoms with E-state index in [9.17, 15) is 14.4 Å². The average Bonchev–Trinajstić information content (AvgIpc) is 2.92. The van der Waals surface area contributed by atoms with Crippen molar-refractivity contribution in [1.29, 1.82) is 0 Å². The molecule has 0 aromatic carbocycles. The maximum absolute atomic E-state index is 12.6. The van der Waals surface area contributed by atoms with E-state index < -0.39 is 0 Å². The highest BCUT2D eigenvalue weighted by molar-refractivity contribution is 5.92. The van der Waals surface area contributed by atoms with E-state index in [0.717, 1.165) is 12.8 Å². The first-order valence-corrected chi connectivity index (χ1v) is 7.76. The zero-order chi connectivity index (χ0) is 16.6. The number of H-pyrrole nitrogens is 1. The van der Waals surface area contributed by atoms with Gasteiger partial charge in [0.15, 0.2) is 5.82 Å². The molecule has 8 nitrogen and oxygen atoms in total. The van der Waals surface area contributed by atoms with E-state index in [1.54, 1.807) is 30.1 Å². The lowest BCUT2D eigenvalue weighted by molar-refractivity contribution is -0.145. The van der Waals surface area contributed by atoms with Gasteiger partial charge in [0.05, 0.1) is 5.92 Å². The molecule has 4 rings (SSSR count). The van der Waals surface area contributed by atoms with Crippen molar-refractivity contribution in [2.24, 2.45) is 5.92 Å². The van der Waals surface area contributed by atoms with E-state index in [-0.39, 0.29) is 42.1 Å². The van der Waals surface area contributed by atoms with Gasteiger partial charge in [-0.3, -0.25) is 14.4 Å². The first kappa shape index (κ1) is 15.5. The number of nitrogens with one attached hydrogen (secondary N) is 1. The van der Waals surface area contributed by atoms with Crippen LogP contribution in [0, 0.1) is 5.92 Å². The molecule has 8 heteroatoms. The molecular weight excluding hydrogens is 298 g/mol. The number of carbonyl (C=O) groups excluding carboxylic acids is 3. The minimum Gasteiger partial charge on any atom is -0.347 e. The third kappa shape index (κ3) is 2.93. The lowest BCUT2D eigenvalue weighted by atomic mass is 9.94. The molecule has 1 N–H and O–H groups in total. The van der Waals surface area contributed by atoms with E-state index in [2.05, 4.69) is 9.97 Å². The number of hydrogen-bond acceptors (Lipinski definition) is 4. The van der Waals surface area contributed by atoms with Gasteiger partial charge in [0.1, 0.15) is 6.54 Å². The first-order valence-electron chi connectivity index (χ1n) is 7.76. The summed E-state index contributed by atoms with van der Waals surface area (Å²) < 4.78 is 0. The summed E-state index contributed by atoms with van der Waals surface area (Å²) in [5.41, 5.74) is 0. The van der Waals surface area contributed by atoms with E-state index >= 15 is 0 Å². The standard InChI is InChI=1S/C15H21N5O3/c1-18(2)12(21)9-20-11-4-3-10(14(20)22)7-19(8-11)15(23)13-16-5-6-17-13/h5-6,10-11H,3-4,7-9H2,1-2H3,(H,16,17). The topological polar surface area (TPSA) is 89.6 Å². The molecule has 1 aromatic heterocycles. The Hall–Kier alpha value is -2.38. The zero-order valence-corrected chi connectivity index (χ0v) is 13.4. The Kier molecular flexibility index (Phi) is 4.06. The number of carbonyl (C=O) groups is 3. The molecule has 4 heterocycles. The van der Waals surface area contributed by atoms with E-state index in [1.165, 1.54) is 11.1 Å². The Morgan fingerprint density at radius 1 is 1.35 bits per heavy atom. The highest BCUT2D eigenvalue weighted by atomic mass is 16.2. The van der Waals surface area contributed by atoms with Gasteiger partial charge < -0.3 is 19.7 Å². The molecule has 3 aliphatic heterocycles. The minimum atomic E-state index is -0.234. The van der Waals surface area contributed by atoms with E-state index in [0.29, 0.717) is 13.1 Å². The molecular formula is C15H21N5O3. The molecule has 124 valence electrons. The molecule has 3 saturated heterocycles. The molecule has 2 unspecified atom stereocenters. The van der Waals surface area contributed by atoms with Crippen molar-refractivity contribution in [1.82, 2.24) is 24.7 Å². The molecule has 0 saturated carbocycles. The van der Waals surface area contributed by atoms with Crippen LogP contribution in [0.15, 0.2) is 12.4 Å². The number of nitrogens with zero attached hydrogens (tertiary/aromatic N) is 4. The van der Waals surface area contributed by atoms with Crippen LogP contribution in [-0.2, 0) is 9.59 Å². The van der Waals surface area contributed by atoms with Crippen LogP contribution in [-0.4, -0.2) is 82.2 Å². The Morgan fingerprint density at radius 2 is 2.13 bits per heavy atom. The van der Waals surface area contributed by atoms with Crippen LogP contribution in [0.5, 0.6) is 0 Å². The van der Waals surface area contributed by atoms with Crippen molar-refractivity contribution >= 4 is 17.7 Å². The van der Waals surface area contributed by atoms with Crippen molar-refractivity contribution < 1.29 is 14.4 Å². The largest absolute Gasteiger partial charge is 0.347 e. The summed E-state index contributed by atoms with van der Waals surface area (Å²) in [6.07, 6.45) is 4.72. The lowest BCUT2D eigenvalue weighted by Gasteiger charge is -2.35. The fraction of sp³-hybridized carbons (Fsp3) is 0.600. The molecule has 2 atom stereocenters. The van der Waals surface area contributed by atoms with Gasteiger partial charge in [-0.1, -0.05) is 0 Å². The molecule has 2 bridgehead atoms. The summed E-state index contributed by atoms with van der Waals surface area (Å²) in [6.45, 7) is 0.916. The predicted octanol–water partition coefficient (Wildman–Crippen LogP) is -0.439. The van der Waals surface area contributed by atoms with Crippen LogP contribution in [0.3, 0.4) is 0 Å². The van der Waals surface area contributed by atoms with Gasteiger partial charge in [-0.2, -0.15) is 0 Å². The Balaban J connectivity index is 1.78. The predicted molar refractivity (Wildman–Crippen MR) is 81.4 cm³/mol. The smallest absolute Gasteiger partial charge is 0.289 e. The minimum absolute atomic E-state index is 0.0220. The maximum atomic E-state index is 12.6. The van der Waals surface area contributed by atoms with Gasteiger partial charge in [0.25, 0.3) is 5.91 Å². The second-order valence-corrected chi connectivity index (χ2v) is 6.33. The fourth-order valence-electron chi connectivity index (χ4n) is 3.23. The van der Waals surface area contributed by atoms with Gasteiger partial charge in [-0.15, -0.1) is 0 Å². The Labute approximate surface area is 134 Å². The van der Waals surface area contributed by atoms with Crippen molar-refractivity contribution in [2.75, 3.05) is 33.7 Å². The summed E-state index contributed by atoms with van der Waals surface area (Å²) in [6, 6.07) is -0.107. The highest BCUT2D eigenvalue weighted by Gasteiger charge is 2.43. The summed E-state index contributed by atoms with van der Waals surface area (Å²) in [5, 5.41) is 0. The Morgan fingerprint density at radius 3 is 2.78 bits per heavy atom. The number of piperidine rings is 1. The molecule has 3 aliphatic rings. The zero-order valence-electron chi connectivity index (χ0n) is 13.4. The summed E-state index contributed by atoms with van der Waals surface area (Å²) in [7, 11) is 3.35. The maximum Gasteiger partial charge on any atom is 0.289 e. The van der Waals surface area contributed by atoms with Crippen LogP contribution in [0.1, 0.15) is 23.5 Å². The third-order valence-corrected chi connectivity index (χ3v) is 4.59. The molecule has 0 spiro atoms. The summed E-state index contributed by atoms with van der Waals surface area (Å²) in [4.78, 5) is 48.7. The SMILES string of the molecule is CN(C)C(=O)CN1C(=O)C2CCC1CN(C(=O)c1ncc[nH]1)C2. The summed E-state index contributed by atoms with van der Waals surface area (Å²) in [5.74, 6) is -0.265. The number of hydrogen-bond donors (Lipinski definition) is 1. The van der Waals surface area contributed by atoms with Gasteiger partial charge in [-0.05, 0) is 12.8 Å². The van der Waals surface area contributed by atoms with Gasteiger partial charge >= 0.3 is 0 Å². The van der Waals surface area contributed by atoms with Crippen LogP contribution in [0.4, 0.5) is 0 Å². The van der Waals surface area contributed by atoms with Crippen molar-refractivity contribution in [3.05, 3.63) is 18.2 Å². The van der Waals surface area contributed by atoms with Crippen LogP contribution < -0.4 is 0 Å². The van der Waals surface area contributed by atoms with Gasteiger partial charge in [0, 0.05) is 45.6 Å². The van der Waals surface area contributed by atoms with E-state index in [4.69, 9.17) is 0 Å². The number of fused-ring (bicyclic) bond motifs is 4. The summed E-state index contributed by atoms with van der Waals surface area (Å²) >= 11 is 0. The van der Waals surface area contributed by atoms with Crippen molar-refractivity contribution in [3.8, 4) is 0 Å². The number of likely N-dealkylation sites (N-methyl/N-ethyl adjacent to an activating group) is 1. The third-order valence-electron chi connectivity index (χ3n) is 4.59. The van der Waals surface area contributed by atoms with Crippen molar-refractivity contribution in [2.45, 2.75) is 18.9 Å². The van der Waals surface area contributed by atoms with Gasteiger partial charge in [-0.25, -0.2) is 4.98 Å². The molecule has 1 aromatic rings. The highest BCUT2D eigenvalue weighted by Crippen LogP contribution is 2.29. The lowest BCUT2D eigenvalue weighted by Crippen LogP contribution is -2.51. The monoisotopic (exact) mass is 319 g/mol. The average molecular weight is 319 g/mol. The quantitative estimate of drug-likeness (QED) is 0.818. The Bertz CT molecular complexity index is 613. The molecule has 3 amide bonds. The van der Waals surface area contributed by atoms with Crippen LogP contribution >= 0.6 is 0 Å². The second kappa shape index (κ2) is 6.02. The van der Waals surface area contributed by atoms with Crippen molar-refractivity contribution in [3.63, 3.8) is 0 Å². The fourth-order valence-corrected chi connectivity index (χ4v) is 3.23. The number of rotatable bonds is 3. The normalized spacial score (nSPS) is 23.8. The number of amides is 3. The number of aromatic amines is 1. The first-order chi connectivity index (χ1) is 11.0. The van der Waals surface area contributed by atoms with Crippen LogP contribution in [0.2, 0.25) is 0 Å². The van der Waals surface area contributed by atoms with Gasteiger partial charge in [0.2, 0.25) is 11.8 Å². The molecule has 0 radical (unpaired) electrons. The number of aromatic nitrogens is 2. The number of imidazole rings is 1. The van der Waals surface area contributed by atoms with E-state index in [1.807, 2.05) is 0 Å². The molecule has 3 fully saturated rings. The molecule has 23 heavy (non-hydrogen) atoms.